The summed E-state index contributed by atoms with van der Waals surface area (Å²) >= 11 is 0. The molecular formula is C21H24N4O5S2. The number of nitrogens with one attached hydrogen (secondary N) is 1. The van der Waals surface area contributed by atoms with E-state index in [1.54, 1.807) is 24.3 Å². The zero-order valence-corrected chi connectivity index (χ0v) is 19.2. The van der Waals surface area contributed by atoms with Gasteiger partial charge in [-0.05, 0) is 61.4 Å². The topological polar surface area (TPSA) is 116 Å². The molecule has 2 aromatic carbocycles. The number of amides is 1. The second kappa shape index (κ2) is 8.55. The van der Waals surface area contributed by atoms with Gasteiger partial charge in [0.2, 0.25) is 10.0 Å². The second-order valence-corrected chi connectivity index (χ2v) is 11.4. The average molecular weight is 477 g/mol. The number of nitrogens with zero attached hydrogens (tertiary/aromatic N) is 3. The average Bonchev–Trinajstić information content (AvgIpc) is 3.32. The van der Waals surface area contributed by atoms with Crippen molar-refractivity contribution < 1.29 is 21.6 Å². The number of carbonyl (C=O) groups is 1. The van der Waals surface area contributed by atoms with Crippen molar-refractivity contribution in [1.29, 1.82) is 0 Å². The third-order valence-corrected chi connectivity index (χ3v) is 8.68. The van der Waals surface area contributed by atoms with Crippen molar-refractivity contribution in [2.75, 3.05) is 35.5 Å². The van der Waals surface area contributed by atoms with E-state index in [0.29, 0.717) is 42.2 Å². The number of hydrogen-bond donors (Lipinski definition) is 1. The van der Waals surface area contributed by atoms with Crippen molar-refractivity contribution in [3.63, 3.8) is 0 Å². The summed E-state index contributed by atoms with van der Waals surface area (Å²) in [6, 6.07) is 12.2. The summed E-state index contributed by atoms with van der Waals surface area (Å²) in [5.74, 6) is 0.293. The summed E-state index contributed by atoms with van der Waals surface area (Å²) in [5.41, 5.74) is 1.33. The molecule has 9 nitrogen and oxygen atoms in total. The van der Waals surface area contributed by atoms with Crippen LogP contribution in [0.3, 0.4) is 0 Å². The van der Waals surface area contributed by atoms with Gasteiger partial charge in [0.15, 0.2) is 0 Å². The van der Waals surface area contributed by atoms with Gasteiger partial charge in [0.1, 0.15) is 5.84 Å². The van der Waals surface area contributed by atoms with Gasteiger partial charge in [-0.1, -0.05) is 0 Å². The first-order chi connectivity index (χ1) is 15.2. The minimum absolute atomic E-state index is 0.0551. The number of hydrogen-bond acceptors (Lipinski definition) is 5. The quantitative estimate of drug-likeness (QED) is 0.708. The summed E-state index contributed by atoms with van der Waals surface area (Å²) in [7, 11) is -5.28. The van der Waals surface area contributed by atoms with Crippen molar-refractivity contribution in [3.8, 4) is 0 Å². The molecule has 4 rings (SSSR count). The minimum Gasteiger partial charge on any atom is -0.362 e. The lowest BCUT2D eigenvalue weighted by Crippen LogP contribution is -2.25. The molecule has 170 valence electrons. The lowest BCUT2D eigenvalue weighted by molar-refractivity contribution is 0.102. The van der Waals surface area contributed by atoms with Crippen LogP contribution in [0.5, 0.6) is 0 Å². The Morgan fingerprint density at radius 2 is 1.69 bits per heavy atom. The van der Waals surface area contributed by atoms with E-state index in [0.717, 1.165) is 13.0 Å². The van der Waals surface area contributed by atoms with Crippen LogP contribution in [0.2, 0.25) is 0 Å². The van der Waals surface area contributed by atoms with E-state index >= 15 is 0 Å². The molecule has 2 aliphatic rings. The molecule has 0 aromatic heterocycles. The zero-order valence-electron chi connectivity index (χ0n) is 17.6. The van der Waals surface area contributed by atoms with Crippen molar-refractivity contribution in [2.24, 2.45) is 4.40 Å². The Morgan fingerprint density at radius 1 is 1.00 bits per heavy atom. The van der Waals surface area contributed by atoms with Gasteiger partial charge >= 0.3 is 0 Å². The molecule has 2 aromatic rings. The molecule has 0 spiro atoms. The fourth-order valence-corrected chi connectivity index (χ4v) is 6.38. The molecule has 0 saturated carbocycles. The standard InChI is InChI=1S/C21H24N4O5S2/c1-24-13-2-4-20(24)23-32(29,30)19-11-7-17(8-12-19)22-21(26)16-5-9-18(10-6-16)25-14-3-15-31(25,27)28/h5-12H,2-4,13-15H2,1H3,(H,22,26)/b23-20+. The monoisotopic (exact) mass is 476 g/mol. The Labute approximate surface area is 187 Å². The fraction of sp³-hybridized carbons (Fsp3) is 0.333. The molecule has 32 heavy (non-hydrogen) atoms. The zero-order chi connectivity index (χ0) is 22.9. The van der Waals surface area contributed by atoms with Crippen LogP contribution in [-0.4, -0.2) is 59.4 Å². The number of likely N-dealkylation sites (tertiary alicyclic amines) is 1. The number of rotatable bonds is 5. The first kappa shape index (κ1) is 22.3. The van der Waals surface area contributed by atoms with Crippen LogP contribution in [0.1, 0.15) is 29.6 Å². The predicted octanol–water partition coefficient (Wildman–Crippen LogP) is 2.29. The van der Waals surface area contributed by atoms with Crippen molar-refractivity contribution in [1.82, 2.24) is 4.90 Å². The molecule has 1 N–H and O–H groups in total. The van der Waals surface area contributed by atoms with Gasteiger partial charge in [0.05, 0.1) is 16.3 Å². The first-order valence-corrected chi connectivity index (χ1v) is 13.3. The van der Waals surface area contributed by atoms with Crippen LogP contribution in [0.4, 0.5) is 11.4 Å². The molecule has 2 saturated heterocycles. The normalized spacial score (nSPS) is 19.5. The van der Waals surface area contributed by atoms with Gasteiger partial charge in [-0.15, -0.1) is 4.40 Å². The lowest BCUT2D eigenvalue weighted by atomic mass is 10.2. The highest BCUT2D eigenvalue weighted by Crippen LogP contribution is 2.25. The minimum atomic E-state index is -3.82. The molecule has 0 radical (unpaired) electrons. The highest BCUT2D eigenvalue weighted by molar-refractivity contribution is 7.93. The summed E-state index contributed by atoms with van der Waals surface area (Å²) in [4.78, 5) is 14.4. The summed E-state index contributed by atoms with van der Waals surface area (Å²) in [6.07, 6.45) is 2.09. The maximum absolute atomic E-state index is 12.5. The molecule has 0 atom stereocenters. The third-order valence-electron chi connectivity index (χ3n) is 5.49. The number of carbonyl (C=O) groups excluding carboxylic acids is 1. The van der Waals surface area contributed by atoms with Gasteiger partial charge in [-0.25, -0.2) is 8.42 Å². The smallest absolute Gasteiger partial charge is 0.283 e. The predicted molar refractivity (Wildman–Crippen MR) is 123 cm³/mol. The van der Waals surface area contributed by atoms with Gasteiger partial charge < -0.3 is 10.2 Å². The van der Waals surface area contributed by atoms with E-state index in [4.69, 9.17) is 0 Å². The van der Waals surface area contributed by atoms with Crippen LogP contribution >= 0.6 is 0 Å². The number of sulfonamides is 2. The summed E-state index contributed by atoms with van der Waals surface area (Å²) < 4.78 is 54.4. The van der Waals surface area contributed by atoms with Crippen LogP contribution in [0.15, 0.2) is 57.8 Å². The van der Waals surface area contributed by atoms with E-state index in [9.17, 15) is 21.6 Å². The second-order valence-electron chi connectivity index (χ2n) is 7.77. The van der Waals surface area contributed by atoms with Gasteiger partial charge in [0.25, 0.3) is 15.9 Å². The molecule has 0 aliphatic carbocycles. The van der Waals surface area contributed by atoms with E-state index in [2.05, 4.69) is 9.71 Å². The van der Waals surface area contributed by atoms with E-state index in [1.165, 1.54) is 28.6 Å². The van der Waals surface area contributed by atoms with E-state index < -0.39 is 20.0 Å². The third kappa shape index (κ3) is 4.63. The van der Waals surface area contributed by atoms with E-state index in [-0.39, 0.29) is 16.6 Å². The van der Waals surface area contributed by atoms with Crippen molar-refractivity contribution in [2.45, 2.75) is 24.2 Å². The molecular weight excluding hydrogens is 452 g/mol. The number of benzene rings is 2. The SMILES string of the molecule is CN1CCC/C1=N\S(=O)(=O)c1ccc(NC(=O)c2ccc(N3CCCS3(=O)=O)cc2)cc1. The summed E-state index contributed by atoms with van der Waals surface area (Å²) in [5, 5.41) is 2.71. The van der Waals surface area contributed by atoms with Crippen LogP contribution in [0.25, 0.3) is 0 Å². The molecule has 1 amide bonds. The number of amidine groups is 1. The highest BCUT2D eigenvalue weighted by Gasteiger charge is 2.28. The molecule has 0 unspecified atom stereocenters. The molecule has 2 heterocycles. The maximum Gasteiger partial charge on any atom is 0.283 e. The summed E-state index contributed by atoms with van der Waals surface area (Å²) in [6.45, 7) is 1.22. The van der Waals surface area contributed by atoms with E-state index in [1.807, 2.05) is 11.9 Å². The van der Waals surface area contributed by atoms with Crippen molar-refractivity contribution >= 4 is 43.2 Å². The van der Waals surface area contributed by atoms with Gasteiger partial charge in [-0.3, -0.25) is 9.10 Å². The molecule has 0 bridgehead atoms. The lowest BCUT2D eigenvalue weighted by Gasteiger charge is -2.17. The Bertz CT molecular complexity index is 1250. The Morgan fingerprint density at radius 3 is 2.25 bits per heavy atom. The Balaban J connectivity index is 1.44. The molecule has 2 fully saturated rings. The van der Waals surface area contributed by atoms with Crippen molar-refractivity contribution in [3.05, 3.63) is 54.1 Å². The highest BCUT2D eigenvalue weighted by atomic mass is 32.2. The molecule has 2 aliphatic heterocycles. The van der Waals surface area contributed by atoms with Gasteiger partial charge in [-0.2, -0.15) is 8.42 Å². The van der Waals surface area contributed by atoms with Crippen LogP contribution in [-0.2, 0) is 20.0 Å². The first-order valence-electron chi connectivity index (χ1n) is 10.2. The Kier molecular flexibility index (Phi) is 5.95. The van der Waals surface area contributed by atoms with Gasteiger partial charge in [0, 0.05) is 37.8 Å². The molecule has 11 heteroatoms. The number of anilines is 2. The van der Waals surface area contributed by atoms with Crippen LogP contribution < -0.4 is 9.62 Å². The largest absolute Gasteiger partial charge is 0.362 e. The fourth-order valence-electron chi connectivity index (χ4n) is 3.72. The van der Waals surface area contributed by atoms with Crippen LogP contribution in [0, 0.1) is 0 Å². The maximum atomic E-state index is 12.5. The Hall–Kier alpha value is -2.92.